The van der Waals surface area contributed by atoms with Crippen LogP contribution in [0.5, 0.6) is 5.75 Å². The minimum atomic E-state index is 0.540. The molecule has 0 radical (unpaired) electrons. The summed E-state index contributed by atoms with van der Waals surface area (Å²) in [4.78, 5) is 2.56. The number of halogens is 1. The van der Waals surface area contributed by atoms with Crippen molar-refractivity contribution in [2.75, 3.05) is 19.5 Å². The van der Waals surface area contributed by atoms with Crippen LogP contribution in [0.1, 0.15) is 31.2 Å². The average molecular weight is 295 g/mol. The number of aryl methyl sites for hydroxylation is 1. The fourth-order valence-electron chi connectivity index (χ4n) is 3.69. The Kier molecular flexibility index (Phi) is 3.83. The number of hydrogen-bond donors (Lipinski definition) is 1. The lowest BCUT2D eigenvalue weighted by Gasteiger charge is -2.37. The molecule has 4 heteroatoms. The smallest absolute Gasteiger partial charge is 0.143 e. The molecule has 1 aromatic carbocycles. The fraction of sp³-hybridized carbons (Fsp3) is 0.625. The van der Waals surface area contributed by atoms with Crippen LogP contribution in [0, 0.1) is 6.92 Å². The van der Waals surface area contributed by atoms with Crippen molar-refractivity contribution >= 4 is 17.3 Å². The van der Waals surface area contributed by atoms with Crippen LogP contribution < -0.4 is 10.1 Å². The monoisotopic (exact) mass is 294 g/mol. The number of rotatable bonds is 3. The van der Waals surface area contributed by atoms with Gasteiger partial charge in [-0.25, -0.2) is 0 Å². The molecule has 2 bridgehead atoms. The Labute approximate surface area is 126 Å². The first kappa shape index (κ1) is 14.0. The first-order valence-electron chi connectivity index (χ1n) is 7.41. The third kappa shape index (κ3) is 2.49. The van der Waals surface area contributed by atoms with E-state index in [4.69, 9.17) is 16.3 Å². The molecule has 2 fully saturated rings. The van der Waals surface area contributed by atoms with Crippen molar-refractivity contribution in [1.82, 2.24) is 4.90 Å². The second-order valence-corrected chi connectivity index (χ2v) is 6.57. The van der Waals surface area contributed by atoms with Gasteiger partial charge in [0.15, 0.2) is 0 Å². The molecule has 2 saturated heterocycles. The molecule has 3 nitrogen and oxygen atoms in total. The Hall–Kier alpha value is -0.930. The van der Waals surface area contributed by atoms with Crippen LogP contribution in [-0.2, 0) is 0 Å². The molecular weight excluding hydrogens is 272 g/mol. The largest absolute Gasteiger partial charge is 0.495 e. The van der Waals surface area contributed by atoms with E-state index in [1.54, 1.807) is 7.11 Å². The second-order valence-electron chi connectivity index (χ2n) is 6.16. The topological polar surface area (TPSA) is 24.5 Å². The van der Waals surface area contributed by atoms with Crippen LogP contribution in [0.15, 0.2) is 12.1 Å². The summed E-state index contributed by atoms with van der Waals surface area (Å²) in [6, 6.07) is 6.03. The summed E-state index contributed by atoms with van der Waals surface area (Å²) in [5.74, 6) is 0.840. The molecule has 0 aromatic heterocycles. The van der Waals surface area contributed by atoms with Crippen LogP contribution in [0.25, 0.3) is 0 Å². The summed E-state index contributed by atoms with van der Waals surface area (Å²) in [6.07, 6.45) is 5.13. The van der Waals surface area contributed by atoms with Crippen molar-refractivity contribution < 1.29 is 4.74 Å². The second kappa shape index (κ2) is 5.45. The first-order valence-corrected chi connectivity index (χ1v) is 7.79. The van der Waals surface area contributed by atoms with Crippen molar-refractivity contribution in [1.29, 1.82) is 0 Å². The van der Waals surface area contributed by atoms with Gasteiger partial charge in [0.25, 0.3) is 0 Å². The SMILES string of the molecule is COc1cc(Cl)c(C)cc1NC1CC2CCC(C1)N2C. The molecule has 2 heterocycles. The number of benzene rings is 1. The molecule has 0 spiro atoms. The first-order chi connectivity index (χ1) is 9.58. The summed E-state index contributed by atoms with van der Waals surface area (Å²) in [5.41, 5.74) is 2.16. The number of methoxy groups -OCH3 is 1. The minimum absolute atomic E-state index is 0.540. The van der Waals surface area contributed by atoms with E-state index in [1.807, 2.05) is 13.0 Å². The van der Waals surface area contributed by atoms with E-state index in [9.17, 15) is 0 Å². The van der Waals surface area contributed by atoms with Crippen molar-refractivity contribution in [2.24, 2.45) is 0 Å². The highest BCUT2D eigenvalue weighted by Crippen LogP contribution is 2.37. The van der Waals surface area contributed by atoms with Crippen molar-refractivity contribution in [3.63, 3.8) is 0 Å². The molecule has 0 aliphatic carbocycles. The van der Waals surface area contributed by atoms with E-state index in [1.165, 1.54) is 25.7 Å². The number of piperidine rings is 1. The molecule has 2 aliphatic rings. The standard InChI is InChI=1S/C16H23ClN2O/c1-10-6-15(16(20-3)9-14(10)17)18-11-7-12-4-5-13(8-11)19(12)2/h6,9,11-13,18H,4-5,7-8H2,1-3H3. The number of anilines is 1. The van der Waals surface area contributed by atoms with Gasteiger partial charge in [-0.1, -0.05) is 11.6 Å². The molecule has 1 aromatic rings. The van der Waals surface area contributed by atoms with Crippen molar-refractivity contribution in [3.05, 3.63) is 22.7 Å². The third-order valence-corrected chi connectivity index (χ3v) is 5.35. The molecule has 110 valence electrons. The van der Waals surface area contributed by atoms with Gasteiger partial charge in [-0.3, -0.25) is 0 Å². The zero-order chi connectivity index (χ0) is 14.3. The van der Waals surface area contributed by atoms with Crippen molar-refractivity contribution in [2.45, 2.75) is 50.7 Å². The van der Waals surface area contributed by atoms with Crippen LogP contribution in [0.4, 0.5) is 5.69 Å². The summed E-state index contributed by atoms with van der Waals surface area (Å²) < 4.78 is 5.46. The Morgan fingerprint density at radius 2 is 1.90 bits per heavy atom. The van der Waals surface area contributed by atoms with Gasteiger partial charge in [0.2, 0.25) is 0 Å². The van der Waals surface area contributed by atoms with E-state index < -0.39 is 0 Å². The van der Waals surface area contributed by atoms with E-state index in [0.29, 0.717) is 6.04 Å². The van der Waals surface area contributed by atoms with Crippen LogP contribution >= 0.6 is 11.6 Å². The number of hydrogen-bond acceptors (Lipinski definition) is 3. The molecule has 2 aliphatic heterocycles. The molecule has 2 atom stereocenters. The van der Waals surface area contributed by atoms with Crippen LogP contribution in [0.2, 0.25) is 5.02 Å². The fourth-order valence-corrected chi connectivity index (χ4v) is 3.85. The Bertz CT molecular complexity index is 491. The normalized spacial score (nSPS) is 29.5. The molecule has 3 rings (SSSR count). The summed E-state index contributed by atoms with van der Waals surface area (Å²) in [5, 5.41) is 4.44. The Balaban J connectivity index is 1.77. The van der Waals surface area contributed by atoms with E-state index in [-0.39, 0.29) is 0 Å². The predicted molar refractivity (Wildman–Crippen MR) is 84.0 cm³/mol. The van der Waals surface area contributed by atoms with E-state index in [0.717, 1.165) is 34.1 Å². The maximum Gasteiger partial charge on any atom is 0.143 e. The Morgan fingerprint density at radius 1 is 1.25 bits per heavy atom. The lowest BCUT2D eigenvalue weighted by Crippen LogP contribution is -2.44. The van der Waals surface area contributed by atoms with Gasteiger partial charge >= 0.3 is 0 Å². The van der Waals surface area contributed by atoms with Crippen molar-refractivity contribution in [3.8, 4) is 5.75 Å². The Morgan fingerprint density at radius 3 is 2.50 bits per heavy atom. The van der Waals surface area contributed by atoms with Gasteiger partial charge in [0.1, 0.15) is 5.75 Å². The molecular formula is C16H23ClN2O. The van der Waals surface area contributed by atoms with Gasteiger partial charge in [0, 0.05) is 29.2 Å². The summed E-state index contributed by atoms with van der Waals surface area (Å²) >= 11 is 6.17. The quantitative estimate of drug-likeness (QED) is 0.920. The van der Waals surface area contributed by atoms with Gasteiger partial charge < -0.3 is 15.0 Å². The highest BCUT2D eigenvalue weighted by atomic mass is 35.5. The van der Waals surface area contributed by atoms with Gasteiger partial charge in [0.05, 0.1) is 12.8 Å². The highest BCUT2D eigenvalue weighted by molar-refractivity contribution is 6.31. The van der Waals surface area contributed by atoms with Gasteiger partial charge in [-0.05, 0) is 51.3 Å². The van der Waals surface area contributed by atoms with Crippen LogP contribution in [0.3, 0.4) is 0 Å². The highest BCUT2D eigenvalue weighted by Gasteiger charge is 2.38. The molecule has 2 unspecified atom stereocenters. The number of fused-ring (bicyclic) bond motifs is 2. The van der Waals surface area contributed by atoms with E-state index >= 15 is 0 Å². The lowest BCUT2D eigenvalue weighted by molar-refractivity contribution is 0.169. The number of nitrogens with one attached hydrogen (secondary N) is 1. The maximum atomic E-state index is 6.17. The molecule has 20 heavy (non-hydrogen) atoms. The lowest BCUT2D eigenvalue weighted by atomic mass is 9.97. The molecule has 1 N–H and O–H groups in total. The number of nitrogens with zero attached hydrogens (tertiary/aromatic N) is 1. The minimum Gasteiger partial charge on any atom is -0.495 e. The summed E-state index contributed by atoms with van der Waals surface area (Å²) in [7, 11) is 3.97. The third-order valence-electron chi connectivity index (χ3n) is 4.94. The van der Waals surface area contributed by atoms with Gasteiger partial charge in [-0.2, -0.15) is 0 Å². The molecule has 0 amide bonds. The van der Waals surface area contributed by atoms with E-state index in [2.05, 4.69) is 23.3 Å². The van der Waals surface area contributed by atoms with Gasteiger partial charge in [-0.15, -0.1) is 0 Å². The zero-order valence-electron chi connectivity index (χ0n) is 12.4. The number of ether oxygens (including phenoxy) is 1. The summed E-state index contributed by atoms with van der Waals surface area (Å²) in [6.45, 7) is 2.03. The predicted octanol–water partition coefficient (Wildman–Crippen LogP) is 3.69. The average Bonchev–Trinajstić information content (AvgIpc) is 2.65. The molecule has 0 saturated carbocycles. The maximum absolute atomic E-state index is 6.17. The van der Waals surface area contributed by atoms with Crippen LogP contribution in [-0.4, -0.2) is 37.2 Å². The zero-order valence-corrected chi connectivity index (χ0v) is 13.2.